The van der Waals surface area contributed by atoms with Crippen LogP contribution in [0.5, 0.6) is 17.2 Å². The molecule has 6 heteroatoms. The summed E-state index contributed by atoms with van der Waals surface area (Å²) >= 11 is 0. The minimum absolute atomic E-state index is 0.0412. The van der Waals surface area contributed by atoms with Gasteiger partial charge < -0.3 is 24.6 Å². The first-order chi connectivity index (χ1) is 9.83. The van der Waals surface area contributed by atoms with Crippen molar-refractivity contribution < 1.29 is 19.3 Å². The predicted molar refractivity (Wildman–Crippen MR) is 73.4 cm³/mol. The molecular formula is C14H20N2O4. The van der Waals surface area contributed by atoms with E-state index in [-0.39, 0.29) is 19.4 Å². The van der Waals surface area contributed by atoms with Crippen LogP contribution in [-0.4, -0.2) is 56.7 Å². The average molecular weight is 280 g/mol. The monoisotopic (exact) mass is 280 g/mol. The molecule has 2 aliphatic rings. The van der Waals surface area contributed by atoms with Gasteiger partial charge in [-0.05, 0) is 17.7 Å². The van der Waals surface area contributed by atoms with Gasteiger partial charge in [-0.15, -0.1) is 0 Å². The molecule has 1 atom stereocenters. The number of rotatable bonds is 4. The topological polar surface area (TPSA) is 63.2 Å². The Morgan fingerprint density at radius 2 is 2.15 bits per heavy atom. The molecule has 0 spiro atoms. The molecule has 1 saturated heterocycles. The molecule has 0 radical (unpaired) electrons. The van der Waals surface area contributed by atoms with Crippen LogP contribution >= 0.6 is 0 Å². The molecule has 1 aromatic rings. The molecule has 1 unspecified atom stereocenters. The fourth-order valence-corrected chi connectivity index (χ4v) is 2.77. The van der Waals surface area contributed by atoms with Crippen LogP contribution in [0.4, 0.5) is 0 Å². The third kappa shape index (κ3) is 2.42. The SMILES string of the molecule is COc1cc(C(CO)N2CCNCC2)cc2c1OCO2. The number of hydrogen-bond donors (Lipinski definition) is 2. The first-order valence-electron chi connectivity index (χ1n) is 6.86. The highest BCUT2D eigenvalue weighted by Crippen LogP contribution is 2.43. The zero-order valence-electron chi connectivity index (χ0n) is 11.6. The van der Waals surface area contributed by atoms with Gasteiger partial charge in [0, 0.05) is 26.2 Å². The molecule has 110 valence electrons. The average Bonchev–Trinajstić information content (AvgIpc) is 2.97. The van der Waals surface area contributed by atoms with Crippen LogP contribution in [0.15, 0.2) is 12.1 Å². The number of aliphatic hydroxyl groups is 1. The third-order valence-electron chi connectivity index (χ3n) is 3.83. The maximum absolute atomic E-state index is 9.77. The lowest BCUT2D eigenvalue weighted by Crippen LogP contribution is -2.46. The lowest BCUT2D eigenvalue weighted by molar-refractivity contribution is 0.110. The Hall–Kier alpha value is -1.50. The van der Waals surface area contributed by atoms with Crippen LogP contribution in [0.1, 0.15) is 11.6 Å². The Kier molecular flexibility index (Phi) is 3.95. The second kappa shape index (κ2) is 5.87. The van der Waals surface area contributed by atoms with Gasteiger partial charge in [-0.2, -0.15) is 0 Å². The first kappa shape index (κ1) is 13.5. The molecule has 0 aromatic heterocycles. The molecule has 2 N–H and O–H groups in total. The highest BCUT2D eigenvalue weighted by Gasteiger charge is 2.26. The van der Waals surface area contributed by atoms with Crippen molar-refractivity contribution in [1.82, 2.24) is 10.2 Å². The lowest BCUT2D eigenvalue weighted by atomic mass is 10.0. The van der Waals surface area contributed by atoms with Gasteiger partial charge >= 0.3 is 0 Å². The van der Waals surface area contributed by atoms with Crippen LogP contribution < -0.4 is 19.5 Å². The van der Waals surface area contributed by atoms with Crippen molar-refractivity contribution >= 4 is 0 Å². The molecule has 0 amide bonds. The summed E-state index contributed by atoms with van der Waals surface area (Å²) in [5, 5.41) is 13.1. The van der Waals surface area contributed by atoms with Crippen molar-refractivity contribution in [3.63, 3.8) is 0 Å². The maximum Gasteiger partial charge on any atom is 0.231 e. The fraction of sp³-hybridized carbons (Fsp3) is 0.571. The molecule has 0 saturated carbocycles. The van der Waals surface area contributed by atoms with E-state index in [1.165, 1.54) is 0 Å². The van der Waals surface area contributed by atoms with Crippen molar-refractivity contribution in [2.75, 3.05) is 46.7 Å². The Labute approximate surface area is 118 Å². The Morgan fingerprint density at radius 1 is 1.35 bits per heavy atom. The van der Waals surface area contributed by atoms with Gasteiger partial charge in [0.25, 0.3) is 0 Å². The number of fused-ring (bicyclic) bond motifs is 1. The molecule has 0 aliphatic carbocycles. The fourth-order valence-electron chi connectivity index (χ4n) is 2.77. The van der Waals surface area contributed by atoms with Gasteiger partial charge in [0.1, 0.15) is 0 Å². The van der Waals surface area contributed by atoms with Gasteiger partial charge in [-0.1, -0.05) is 0 Å². The highest BCUT2D eigenvalue weighted by molar-refractivity contribution is 5.55. The minimum atomic E-state index is -0.0412. The van der Waals surface area contributed by atoms with E-state index in [4.69, 9.17) is 14.2 Å². The quantitative estimate of drug-likeness (QED) is 0.830. The summed E-state index contributed by atoms with van der Waals surface area (Å²) in [7, 11) is 1.61. The van der Waals surface area contributed by atoms with Crippen LogP contribution in [0, 0.1) is 0 Å². The molecular weight excluding hydrogens is 260 g/mol. The molecule has 0 bridgehead atoms. The molecule has 2 heterocycles. The van der Waals surface area contributed by atoms with E-state index in [0.29, 0.717) is 17.2 Å². The predicted octanol–water partition coefficient (Wildman–Crippen LogP) is 0.363. The van der Waals surface area contributed by atoms with Crippen molar-refractivity contribution in [3.8, 4) is 17.2 Å². The number of piperazine rings is 1. The summed E-state index contributed by atoms with van der Waals surface area (Å²) in [6, 6.07) is 3.82. The van der Waals surface area contributed by atoms with Gasteiger partial charge in [0.05, 0.1) is 19.8 Å². The van der Waals surface area contributed by atoms with Crippen molar-refractivity contribution in [2.24, 2.45) is 0 Å². The third-order valence-corrected chi connectivity index (χ3v) is 3.83. The molecule has 2 aliphatic heterocycles. The Balaban J connectivity index is 1.91. The van der Waals surface area contributed by atoms with E-state index in [9.17, 15) is 5.11 Å². The van der Waals surface area contributed by atoms with Crippen molar-refractivity contribution in [1.29, 1.82) is 0 Å². The number of methoxy groups -OCH3 is 1. The number of benzene rings is 1. The number of hydrogen-bond acceptors (Lipinski definition) is 6. The van der Waals surface area contributed by atoms with Crippen LogP contribution in [0.2, 0.25) is 0 Å². The van der Waals surface area contributed by atoms with E-state index in [1.54, 1.807) is 7.11 Å². The highest BCUT2D eigenvalue weighted by atomic mass is 16.7. The minimum Gasteiger partial charge on any atom is -0.493 e. The molecule has 1 fully saturated rings. The molecule has 6 nitrogen and oxygen atoms in total. The summed E-state index contributed by atoms with van der Waals surface area (Å²) in [5.41, 5.74) is 0.996. The smallest absolute Gasteiger partial charge is 0.231 e. The van der Waals surface area contributed by atoms with Crippen molar-refractivity contribution in [2.45, 2.75) is 6.04 Å². The normalized spacial score (nSPS) is 19.9. The molecule has 20 heavy (non-hydrogen) atoms. The Morgan fingerprint density at radius 3 is 2.85 bits per heavy atom. The van der Waals surface area contributed by atoms with Crippen LogP contribution in [0.25, 0.3) is 0 Å². The van der Waals surface area contributed by atoms with Gasteiger partial charge in [-0.25, -0.2) is 0 Å². The second-order valence-corrected chi connectivity index (χ2v) is 4.94. The van der Waals surface area contributed by atoms with Crippen LogP contribution in [0.3, 0.4) is 0 Å². The first-order valence-corrected chi connectivity index (χ1v) is 6.86. The standard InChI is InChI=1S/C14H20N2O4/c1-18-12-6-10(7-13-14(12)20-9-19-13)11(8-17)16-4-2-15-3-5-16/h6-7,11,15,17H,2-5,8-9H2,1H3. The van der Waals surface area contributed by atoms with E-state index in [2.05, 4.69) is 10.2 Å². The second-order valence-electron chi connectivity index (χ2n) is 4.94. The number of aliphatic hydroxyl groups excluding tert-OH is 1. The zero-order valence-corrected chi connectivity index (χ0v) is 11.6. The summed E-state index contributed by atoms with van der Waals surface area (Å²) in [4.78, 5) is 2.27. The summed E-state index contributed by atoms with van der Waals surface area (Å²) < 4.78 is 16.2. The van der Waals surface area contributed by atoms with E-state index in [1.807, 2.05) is 12.1 Å². The van der Waals surface area contributed by atoms with E-state index < -0.39 is 0 Å². The molecule has 1 aromatic carbocycles. The maximum atomic E-state index is 9.77. The summed E-state index contributed by atoms with van der Waals surface area (Å²) in [5.74, 6) is 1.99. The van der Waals surface area contributed by atoms with E-state index in [0.717, 1.165) is 31.7 Å². The van der Waals surface area contributed by atoms with E-state index >= 15 is 0 Å². The summed E-state index contributed by atoms with van der Waals surface area (Å²) in [6.45, 7) is 4.01. The summed E-state index contributed by atoms with van der Waals surface area (Å²) in [6.07, 6.45) is 0. The number of ether oxygens (including phenoxy) is 3. The van der Waals surface area contributed by atoms with Gasteiger partial charge in [0.15, 0.2) is 11.5 Å². The largest absolute Gasteiger partial charge is 0.493 e. The van der Waals surface area contributed by atoms with Gasteiger partial charge in [0.2, 0.25) is 12.5 Å². The number of nitrogens with one attached hydrogen (secondary N) is 1. The Bertz CT molecular complexity index is 474. The zero-order chi connectivity index (χ0) is 13.9. The van der Waals surface area contributed by atoms with Crippen molar-refractivity contribution in [3.05, 3.63) is 17.7 Å². The lowest BCUT2D eigenvalue weighted by Gasteiger charge is -2.34. The number of nitrogens with zero attached hydrogens (tertiary/aromatic N) is 1. The van der Waals surface area contributed by atoms with Gasteiger partial charge in [-0.3, -0.25) is 4.90 Å². The van der Waals surface area contributed by atoms with Crippen LogP contribution in [-0.2, 0) is 0 Å². The molecule has 3 rings (SSSR count).